The third-order valence-electron chi connectivity index (χ3n) is 7.62. The topological polar surface area (TPSA) is 20.3 Å². The quantitative estimate of drug-likeness (QED) is 0.273. The average Bonchev–Trinajstić information content (AvgIpc) is 3.34. The van der Waals surface area contributed by atoms with E-state index in [1.165, 1.54) is 43.5 Å². The van der Waals surface area contributed by atoms with Gasteiger partial charge in [-0.15, -0.1) is 0 Å². The smallest absolute Gasteiger partial charge is 0.219 e. The standard InChI is InChI=1S/C34H37NOP2/c1-24-6-14-29(15-7-24)37(30-16-8-25(2)9-17-30)33-22-35(28(5)36)23-34(33)38(31-18-10-26(3)11-19-31)32-20-12-27(4)13-21-32/h6-21,33-34H,22-23H2,1-5H3. The molecule has 38 heavy (non-hydrogen) atoms. The lowest BCUT2D eigenvalue weighted by molar-refractivity contribution is -0.127. The van der Waals surface area contributed by atoms with Gasteiger partial charge in [0.1, 0.15) is 0 Å². The Morgan fingerprint density at radius 1 is 0.526 bits per heavy atom. The van der Waals surface area contributed by atoms with Crippen molar-refractivity contribution >= 4 is 43.0 Å². The molecular weight excluding hydrogens is 500 g/mol. The second-order valence-corrected chi connectivity index (χ2v) is 15.5. The van der Waals surface area contributed by atoms with Gasteiger partial charge in [0.05, 0.1) is 0 Å². The van der Waals surface area contributed by atoms with Crippen molar-refractivity contribution in [3.8, 4) is 0 Å². The van der Waals surface area contributed by atoms with Crippen LogP contribution >= 0.6 is 15.8 Å². The number of benzene rings is 4. The Kier molecular flexibility index (Phi) is 8.13. The summed E-state index contributed by atoms with van der Waals surface area (Å²) in [4.78, 5) is 15.0. The minimum Gasteiger partial charge on any atom is -0.342 e. The predicted molar refractivity (Wildman–Crippen MR) is 167 cm³/mol. The van der Waals surface area contributed by atoms with Gasteiger partial charge < -0.3 is 4.90 Å². The summed E-state index contributed by atoms with van der Waals surface area (Å²) < 4.78 is 0. The number of rotatable bonds is 6. The molecule has 1 aliphatic heterocycles. The Balaban J connectivity index is 1.68. The number of hydrogen-bond acceptors (Lipinski definition) is 1. The van der Waals surface area contributed by atoms with Gasteiger partial charge in [0, 0.05) is 31.3 Å². The highest BCUT2D eigenvalue weighted by Gasteiger charge is 2.44. The summed E-state index contributed by atoms with van der Waals surface area (Å²) in [5.74, 6) is 0.183. The highest BCUT2D eigenvalue weighted by atomic mass is 31.1. The number of carbonyl (C=O) groups is 1. The number of amides is 1. The summed E-state index contributed by atoms with van der Waals surface area (Å²) in [7, 11) is -1.34. The molecule has 2 unspecified atom stereocenters. The van der Waals surface area contributed by atoms with E-state index < -0.39 is 15.8 Å². The van der Waals surface area contributed by atoms with Crippen LogP contribution in [0.4, 0.5) is 0 Å². The van der Waals surface area contributed by atoms with Gasteiger partial charge in [-0.05, 0) is 64.8 Å². The van der Waals surface area contributed by atoms with Gasteiger partial charge in [-0.25, -0.2) is 0 Å². The first-order valence-electron chi connectivity index (χ1n) is 13.4. The van der Waals surface area contributed by atoms with Gasteiger partial charge in [-0.3, -0.25) is 4.79 Å². The summed E-state index contributed by atoms with van der Waals surface area (Å²) in [5.41, 5.74) is 5.86. The monoisotopic (exact) mass is 537 g/mol. The average molecular weight is 538 g/mol. The number of aryl methyl sites for hydroxylation is 4. The zero-order valence-electron chi connectivity index (χ0n) is 23.1. The SMILES string of the molecule is CC(=O)N1CC(P(c2ccc(C)cc2)c2ccc(C)cc2)C(P(c2ccc(C)cc2)c2ccc(C)cc2)C1. The van der Waals surface area contributed by atoms with Gasteiger partial charge in [0.2, 0.25) is 5.91 Å². The Morgan fingerprint density at radius 3 is 0.974 bits per heavy atom. The number of carbonyl (C=O) groups excluding carboxylic acids is 1. The molecule has 0 bridgehead atoms. The van der Waals surface area contributed by atoms with E-state index in [0.29, 0.717) is 11.3 Å². The third-order valence-corrected chi connectivity index (χ3v) is 13.6. The molecule has 5 rings (SSSR count). The van der Waals surface area contributed by atoms with Crippen LogP contribution in [-0.4, -0.2) is 35.2 Å². The molecule has 1 aliphatic rings. The van der Waals surface area contributed by atoms with Gasteiger partial charge in [-0.1, -0.05) is 119 Å². The molecule has 4 aromatic carbocycles. The lowest BCUT2D eigenvalue weighted by Crippen LogP contribution is -2.34. The molecule has 0 aromatic heterocycles. The Labute approximate surface area is 230 Å². The maximum atomic E-state index is 12.8. The van der Waals surface area contributed by atoms with Crippen molar-refractivity contribution < 1.29 is 4.79 Å². The van der Waals surface area contributed by atoms with Gasteiger partial charge in [0.15, 0.2) is 0 Å². The molecule has 2 nitrogen and oxygen atoms in total. The molecule has 1 fully saturated rings. The molecule has 0 N–H and O–H groups in total. The van der Waals surface area contributed by atoms with Crippen molar-refractivity contribution in [1.29, 1.82) is 0 Å². The maximum absolute atomic E-state index is 12.8. The van der Waals surface area contributed by atoms with Crippen LogP contribution in [0.1, 0.15) is 29.2 Å². The first-order chi connectivity index (χ1) is 18.3. The number of hydrogen-bond donors (Lipinski definition) is 0. The molecular formula is C34H37NOP2. The van der Waals surface area contributed by atoms with Crippen molar-refractivity contribution in [1.82, 2.24) is 4.90 Å². The van der Waals surface area contributed by atoms with E-state index in [1.54, 1.807) is 6.92 Å². The van der Waals surface area contributed by atoms with E-state index in [-0.39, 0.29) is 5.91 Å². The molecule has 0 aliphatic carbocycles. The largest absolute Gasteiger partial charge is 0.342 e. The molecule has 1 amide bonds. The molecule has 4 aromatic rings. The van der Waals surface area contributed by atoms with Crippen LogP contribution in [0, 0.1) is 27.7 Å². The summed E-state index contributed by atoms with van der Waals surface area (Å²) in [6, 6.07) is 36.6. The summed E-state index contributed by atoms with van der Waals surface area (Å²) in [6.45, 7) is 12.0. The lowest BCUT2D eigenvalue weighted by atomic mass is 10.2. The lowest BCUT2D eigenvalue weighted by Gasteiger charge is -2.34. The Hall–Kier alpha value is -2.79. The fraction of sp³-hybridized carbons (Fsp3) is 0.265. The molecule has 0 saturated carbocycles. The van der Waals surface area contributed by atoms with Crippen molar-refractivity contribution in [2.75, 3.05) is 13.1 Å². The van der Waals surface area contributed by atoms with Crippen molar-refractivity contribution in [2.45, 2.75) is 45.9 Å². The highest BCUT2D eigenvalue weighted by Crippen LogP contribution is 2.54. The molecule has 1 heterocycles. The summed E-state index contributed by atoms with van der Waals surface area (Å²) in [6.07, 6.45) is 0. The van der Waals surface area contributed by atoms with Crippen LogP contribution in [-0.2, 0) is 4.79 Å². The number of likely N-dealkylation sites (tertiary alicyclic amines) is 1. The molecule has 0 spiro atoms. The normalized spacial score (nSPS) is 17.4. The fourth-order valence-electron chi connectivity index (χ4n) is 5.42. The molecule has 2 atom stereocenters. The van der Waals surface area contributed by atoms with Gasteiger partial charge in [-0.2, -0.15) is 0 Å². The van der Waals surface area contributed by atoms with Crippen LogP contribution < -0.4 is 21.2 Å². The van der Waals surface area contributed by atoms with Crippen LogP contribution in [0.5, 0.6) is 0 Å². The second-order valence-electron chi connectivity index (χ2n) is 10.6. The minimum atomic E-state index is -0.671. The Morgan fingerprint density at radius 2 is 0.763 bits per heavy atom. The van der Waals surface area contributed by atoms with Gasteiger partial charge >= 0.3 is 0 Å². The molecule has 0 radical (unpaired) electrons. The zero-order valence-corrected chi connectivity index (χ0v) is 24.8. The van der Waals surface area contributed by atoms with Crippen molar-refractivity contribution in [3.05, 3.63) is 119 Å². The van der Waals surface area contributed by atoms with Crippen molar-refractivity contribution in [3.63, 3.8) is 0 Å². The summed E-state index contributed by atoms with van der Waals surface area (Å²) in [5, 5.41) is 5.60. The first kappa shape index (κ1) is 26.8. The van der Waals surface area contributed by atoms with Crippen LogP contribution in [0.15, 0.2) is 97.1 Å². The van der Waals surface area contributed by atoms with Crippen molar-refractivity contribution in [2.24, 2.45) is 0 Å². The Bertz CT molecular complexity index is 1180. The van der Waals surface area contributed by atoms with E-state index in [4.69, 9.17) is 0 Å². The van der Waals surface area contributed by atoms with Crippen LogP contribution in [0.25, 0.3) is 0 Å². The third kappa shape index (κ3) is 5.78. The minimum absolute atomic E-state index is 0.183. The van der Waals surface area contributed by atoms with E-state index in [0.717, 1.165) is 13.1 Å². The van der Waals surface area contributed by atoms with Gasteiger partial charge in [0.25, 0.3) is 0 Å². The highest BCUT2D eigenvalue weighted by molar-refractivity contribution is 7.77. The second kappa shape index (κ2) is 11.5. The predicted octanol–water partition coefficient (Wildman–Crippen LogP) is 6.09. The van der Waals surface area contributed by atoms with E-state index >= 15 is 0 Å². The van der Waals surface area contributed by atoms with Crippen LogP contribution in [0.2, 0.25) is 0 Å². The molecule has 4 heteroatoms. The summed E-state index contributed by atoms with van der Waals surface area (Å²) >= 11 is 0. The first-order valence-corrected chi connectivity index (χ1v) is 16.2. The zero-order chi connectivity index (χ0) is 26.8. The molecule has 1 saturated heterocycles. The number of nitrogens with zero attached hydrogens (tertiary/aromatic N) is 1. The maximum Gasteiger partial charge on any atom is 0.219 e. The fourth-order valence-corrected chi connectivity index (χ4v) is 11.8. The van der Waals surface area contributed by atoms with Crippen LogP contribution in [0.3, 0.4) is 0 Å². The van der Waals surface area contributed by atoms with E-state index in [1.807, 2.05) is 0 Å². The van der Waals surface area contributed by atoms with E-state index in [9.17, 15) is 4.79 Å². The van der Waals surface area contributed by atoms with E-state index in [2.05, 4.69) is 130 Å². The molecule has 194 valence electrons.